The number of nitrogens with one attached hydrogen (secondary N) is 2. The number of likely N-dealkylation sites (N-methyl/N-ethyl adjacent to an activating group) is 1. The minimum Gasteiger partial charge on any atom is -0.496 e. The zero-order valence-corrected chi connectivity index (χ0v) is 11.5. The SMILES string of the molecule is COc1ccc(NCC2CNCCN2C)cc1C. The van der Waals surface area contributed by atoms with Gasteiger partial charge in [0.25, 0.3) is 0 Å². The number of aryl methyl sites for hydroxylation is 1. The average Bonchev–Trinajstić information content (AvgIpc) is 2.38. The number of benzene rings is 1. The fraction of sp³-hybridized carbons (Fsp3) is 0.571. The van der Waals surface area contributed by atoms with Crippen LogP contribution in [0.5, 0.6) is 5.75 Å². The van der Waals surface area contributed by atoms with Crippen LogP contribution in [-0.4, -0.2) is 51.3 Å². The van der Waals surface area contributed by atoms with Crippen LogP contribution in [0, 0.1) is 6.92 Å². The Morgan fingerprint density at radius 1 is 1.50 bits per heavy atom. The number of ether oxygens (including phenoxy) is 1. The predicted octanol–water partition coefficient (Wildman–Crippen LogP) is 1.32. The second-order valence-corrected chi connectivity index (χ2v) is 4.90. The van der Waals surface area contributed by atoms with Gasteiger partial charge in [-0.15, -0.1) is 0 Å². The van der Waals surface area contributed by atoms with Crippen LogP contribution in [0.2, 0.25) is 0 Å². The number of hydrogen-bond donors (Lipinski definition) is 2. The van der Waals surface area contributed by atoms with E-state index in [9.17, 15) is 0 Å². The summed E-state index contributed by atoms with van der Waals surface area (Å²) in [4.78, 5) is 2.40. The first kappa shape index (κ1) is 13.2. The molecule has 0 aromatic heterocycles. The molecule has 4 heteroatoms. The highest BCUT2D eigenvalue weighted by atomic mass is 16.5. The molecule has 1 saturated heterocycles. The Morgan fingerprint density at radius 2 is 2.33 bits per heavy atom. The van der Waals surface area contributed by atoms with Gasteiger partial charge in [-0.25, -0.2) is 0 Å². The van der Waals surface area contributed by atoms with Crippen molar-refractivity contribution in [2.75, 3.05) is 45.7 Å². The van der Waals surface area contributed by atoms with Crippen LogP contribution in [0.4, 0.5) is 5.69 Å². The third-order valence-corrected chi connectivity index (χ3v) is 3.58. The quantitative estimate of drug-likeness (QED) is 0.844. The van der Waals surface area contributed by atoms with E-state index in [0.717, 1.165) is 43.2 Å². The Bertz CT molecular complexity index is 395. The Balaban J connectivity index is 1.91. The molecular formula is C14H23N3O. The van der Waals surface area contributed by atoms with Gasteiger partial charge >= 0.3 is 0 Å². The standard InChI is InChI=1S/C14H23N3O/c1-11-8-12(4-5-14(11)18-3)16-10-13-9-15-6-7-17(13)2/h4-5,8,13,15-16H,6-7,9-10H2,1-3H3. The van der Waals surface area contributed by atoms with Crippen LogP contribution in [0.15, 0.2) is 18.2 Å². The summed E-state index contributed by atoms with van der Waals surface area (Å²) in [5, 5.41) is 6.93. The monoisotopic (exact) mass is 249 g/mol. The Hall–Kier alpha value is -1.26. The molecule has 1 unspecified atom stereocenters. The topological polar surface area (TPSA) is 36.5 Å². The summed E-state index contributed by atoms with van der Waals surface area (Å²) in [6.45, 7) is 6.30. The molecule has 4 nitrogen and oxygen atoms in total. The van der Waals surface area contributed by atoms with Crippen molar-refractivity contribution in [1.82, 2.24) is 10.2 Å². The fourth-order valence-electron chi connectivity index (χ4n) is 2.31. The predicted molar refractivity (Wildman–Crippen MR) is 75.5 cm³/mol. The van der Waals surface area contributed by atoms with Crippen molar-refractivity contribution in [3.8, 4) is 5.75 Å². The number of anilines is 1. The van der Waals surface area contributed by atoms with E-state index >= 15 is 0 Å². The summed E-state index contributed by atoms with van der Waals surface area (Å²) >= 11 is 0. The molecule has 1 heterocycles. The third kappa shape index (κ3) is 3.15. The molecule has 1 fully saturated rings. The van der Waals surface area contributed by atoms with E-state index in [1.165, 1.54) is 0 Å². The number of nitrogens with zero attached hydrogens (tertiary/aromatic N) is 1. The lowest BCUT2D eigenvalue weighted by Gasteiger charge is -2.33. The zero-order valence-electron chi connectivity index (χ0n) is 11.5. The molecule has 1 aliphatic heterocycles. The summed E-state index contributed by atoms with van der Waals surface area (Å²) < 4.78 is 5.27. The van der Waals surface area contributed by atoms with Crippen LogP contribution >= 0.6 is 0 Å². The summed E-state index contributed by atoms with van der Waals surface area (Å²) in [6, 6.07) is 6.78. The maximum atomic E-state index is 5.27. The van der Waals surface area contributed by atoms with Gasteiger partial charge in [-0.3, -0.25) is 4.90 Å². The van der Waals surface area contributed by atoms with Gasteiger partial charge in [-0.1, -0.05) is 0 Å². The van der Waals surface area contributed by atoms with Gasteiger partial charge in [0.15, 0.2) is 0 Å². The van der Waals surface area contributed by atoms with Crippen molar-refractivity contribution in [3.05, 3.63) is 23.8 Å². The smallest absolute Gasteiger partial charge is 0.121 e. The highest BCUT2D eigenvalue weighted by molar-refractivity contribution is 5.50. The summed E-state index contributed by atoms with van der Waals surface area (Å²) in [7, 11) is 3.89. The second kappa shape index (κ2) is 6.07. The van der Waals surface area contributed by atoms with Crippen LogP contribution in [-0.2, 0) is 0 Å². The van der Waals surface area contributed by atoms with Gasteiger partial charge < -0.3 is 15.4 Å². The molecule has 2 rings (SSSR count). The molecule has 0 radical (unpaired) electrons. The molecule has 1 aromatic rings. The first-order chi connectivity index (χ1) is 8.70. The van der Waals surface area contributed by atoms with Crippen molar-refractivity contribution in [2.45, 2.75) is 13.0 Å². The van der Waals surface area contributed by atoms with Crippen LogP contribution in [0.3, 0.4) is 0 Å². The van der Waals surface area contributed by atoms with Crippen molar-refractivity contribution < 1.29 is 4.74 Å². The largest absolute Gasteiger partial charge is 0.496 e. The van der Waals surface area contributed by atoms with Crippen molar-refractivity contribution in [3.63, 3.8) is 0 Å². The van der Waals surface area contributed by atoms with E-state index in [4.69, 9.17) is 4.74 Å². The zero-order chi connectivity index (χ0) is 13.0. The van der Waals surface area contributed by atoms with E-state index < -0.39 is 0 Å². The molecule has 1 aromatic carbocycles. The summed E-state index contributed by atoms with van der Waals surface area (Å²) in [5.41, 5.74) is 2.32. The minimum absolute atomic E-state index is 0.557. The third-order valence-electron chi connectivity index (χ3n) is 3.58. The van der Waals surface area contributed by atoms with Gasteiger partial charge in [-0.2, -0.15) is 0 Å². The Morgan fingerprint density at radius 3 is 3.00 bits per heavy atom. The molecule has 0 spiro atoms. The molecule has 0 aliphatic carbocycles. The average molecular weight is 249 g/mol. The lowest BCUT2D eigenvalue weighted by atomic mass is 10.1. The molecule has 2 N–H and O–H groups in total. The molecule has 0 saturated carbocycles. The number of hydrogen-bond acceptors (Lipinski definition) is 4. The number of piperazine rings is 1. The normalized spacial score (nSPS) is 20.7. The molecule has 100 valence electrons. The highest BCUT2D eigenvalue weighted by Gasteiger charge is 2.17. The number of methoxy groups -OCH3 is 1. The minimum atomic E-state index is 0.557. The van der Waals surface area contributed by atoms with E-state index in [1.807, 2.05) is 6.07 Å². The maximum absolute atomic E-state index is 5.27. The lowest BCUT2D eigenvalue weighted by Crippen LogP contribution is -2.52. The first-order valence-corrected chi connectivity index (χ1v) is 6.50. The van der Waals surface area contributed by atoms with Crippen LogP contribution in [0.1, 0.15) is 5.56 Å². The molecule has 0 amide bonds. The summed E-state index contributed by atoms with van der Waals surface area (Å²) in [5.74, 6) is 0.942. The molecule has 0 bridgehead atoms. The van der Waals surface area contributed by atoms with E-state index in [-0.39, 0.29) is 0 Å². The molecule has 18 heavy (non-hydrogen) atoms. The first-order valence-electron chi connectivity index (χ1n) is 6.50. The Kier molecular flexibility index (Phi) is 4.44. The Labute approximate surface area is 109 Å². The fourth-order valence-corrected chi connectivity index (χ4v) is 2.31. The molecule has 1 aliphatic rings. The van der Waals surface area contributed by atoms with Gasteiger partial charge in [0.2, 0.25) is 0 Å². The van der Waals surface area contributed by atoms with E-state index in [2.05, 4.69) is 41.6 Å². The summed E-state index contributed by atoms with van der Waals surface area (Å²) in [6.07, 6.45) is 0. The van der Waals surface area contributed by atoms with Gasteiger partial charge in [0.05, 0.1) is 7.11 Å². The van der Waals surface area contributed by atoms with Gasteiger partial charge in [-0.05, 0) is 37.7 Å². The van der Waals surface area contributed by atoms with E-state index in [1.54, 1.807) is 7.11 Å². The highest BCUT2D eigenvalue weighted by Crippen LogP contribution is 2.21. The molecule has 1 atom stereocenters. The van der Waals surface area contributed by atoms with Crippen LogP contribution in [0.25, 0.3) is 0 Å². The molecular weight excluding hydrogens is 226 g/mol. The van der Waals surface area contributed by atoms with Gasteiger partial charge in [0, 0.05) is 37.9 Å². The maximum Gasteiger partial charge on any atom is 0.121 e. The van der Waals surface area contributed by atoms with Crippen molar-refractivity contribution >= 4 is 5.69 Å². The number of rotatable bonds is 4. The van der Waals surface area contributed by atoms with Crippen LogP contribution < -0.4 is 15.4 Å². The lowest BCUT2D eigenvalue weighted by molar-refractivity contribution is 0.209. The van der Waals surface area contributed by atoms with Crippen molar-refractivity contribution in [2.24, 2.45) is 0 Å². The second-order valence-electron chi connectivity index (χ2n) is 4.90. The van der Waals surface area contributed by atoms with Crippen molar-refractivity contribution in [1.29, 1.82) is 0 Å². The van der Waals surface area contributed by atoms with E-state index in [0.29, 0.717) is 6.04 Å². The van der Waals surface area contributed by atoms with Gasteiger partial charge in [0.1, 0.15) is 5.75 Å².